The second-order valence-corrected chi connectivity index (χ2v) is 10.5. The van der Waals surface area contributed by atoms with E-state index in [1.54, 1.807) is 21.9 Å². The fourth-order valence-electron chi connectivity index (χ4n) is 3.52. The Morgan fingerprint density at radius 1 is 1.28 bits per heavy atom. The molecule has 1 fully saturated rings. The Morgan fingerprint density at radius 3 is 2.69 bits per heavy atom. The van der Waals surface area contributed by atoms with E-state index in [-0.39, 0.29) is 11.8 Å². The lowest BCUT2D eigenvalue weighted by atomic mass is 10.1. The number of nitrogens with zero attached hydrogens (tertiary/aromatic N) is 4. The first-order valence-electron chi connectivity index (χ1n) is 9.42. The number of rotatable bonds is 5. The third-order valence-electron chi connectivity index (χ3n) is 5.14. The first-order chi connectivity index (χ1) is 13.9. The molecule has 1 saturated heterocycles. The van der Waals surface area contributed by atoms with E-state index in [1.165, 1.54) is 0 Å². The molecule has 10 heteroatoms. The lowest BCUT2D eigenvalue weighted by molar-refractivity contribution is 0.329. The number of benzene rings is 1. The third-order valence-corrected chi connectivity index (χ3v) is 7.91. The molecule has 2 aromatic heterocycles. The van der Waals surface area contributed by atoms with Crippen molar-refractivity contribution >= 4 is 49.0 Å². The van der Waals surface area contributed by atoms with Gasteiger partial charge in [0, 0.05) is 35.8 Å². The number of hydrogen-bond donors (Lipinski definition) is 1. The predicted molar refractivity (Wildman–Crippen MR) is 119 cm³/mol. The highest BCUT2D eigenvalue weighted by Gasteiger charge is 2.27. The Balaban J connectivity index is 1.63. The van der Waals surface area contributed by atoms with Crippen LogP contribution >= 0.6 is 27.5 Å². The van der Waals surface area contributed by atoms with Crippen LogP contribution in [-0.4, -0.2) is 52.2 Å². The molecule has 3 aromatic rings. The van der Waals surface area contributed by atoms with Crippen LogP contribution < -0.4 is 5.32 Å². The normalized spacial score (nSPS) is 16.4. The minimum atomic E-state index is -3.14. The molecule has 0 saturated carbocycles. The van der Waals surface area contributed by atoms with Crippen LogP contribution in [0.1, 0.15) is 19.8 Å². The summed E-state index contributed by atoms with van der Waals surface area (Å²) in [6.45, 7) is 2.71. The molecule has 0 spiro atoms. The monoisotopic (exact) mass is 497 g/mol. The van der Waals surface area contributed by atoms with Crippen molar-refractivity contribution in [3.63, 3.8) is 0 Å². The Bertz CT molecular complexity index is 1140. The predicted octanol–water partition coefficient (Wildman–Crippen LogP) is 4.04. The van der Waals surface area contributed by atoms with Crippen molar-refractivity contribution in [3.05, 3.63) is 46.0 Å². The van der Waals surface area contributed by atoms with Gasteiger partial charge < -0.3 is 5.32 Å². The summed E-state index contributed by atoms with van der Waals surface area (Å²) in [5.41, 5.74) is 2.28. The van der Waals surface area contributed by atoms with Gasteiger partial charge >= 0.3 is 0 Å². The van der Waals surface area contributed by atoms with Crippen molar-refractivity contribution in [2.75, 3.05) is 24.2 Å². The first kappa shape index (κ1) is 20.6. The minimum absolute atomic E-state index is 0.137. The highest BCUT2D eigenvalue weighted by Crippen LogP contribution is 2.31. The minimum Gasteiger partial charge on any atom is -0.367 e. The fourth-order valence-corrected chi connectivity index (χ4v) is 5.23. The molecule has 0 radical (unpaired) electrons. The number of sulfonamides is 1. The van der Waals surface area contributed by atoms with Crippen LogP contribution in [0.25, 0.3) is 16.9 Å². The number of piperidine rings is 1. The highest BCUT2D eigenvalue weighted by molar-refractivity contribution is 9.10. The van der Waals surface area contributed by atoms with Crippen LogP contribution in [-0.2, 0) is 10.0 Å². The largest absolute Gasteiger partial charge is 0.367 e. The number of hydrogen-bond acceptors (Lipinski definition) is 5. The molecule has 3 heterocycles. The van der Waals surface area contributed by atoms with Gasteiger partial charge in [0.25, 0.3) is 0 Å². The van der Waals surface area contributed by atoms with Crippen molar-refractivity contribution in [2.45, 2.75) is 25.8 Å². The molecular weight excluding hydrogens is 478 g/mol. The summed E-state index contributed by atoms with van der Waals surface area (Å²) < 4.78 is 28.3. The average molecular weight is 499 g/mol. The molecule has 1 aliphatic rings. The van der Waals surface area contributed by atoms with Gasteiger partial charge in [0.1, 0.15) is 5.82 Å². The summed E-state index contributed by atoms with van der Waals surface area (Å²) in [6.07, 6.45) is 3.17. The van der Waals surface area contributed by atoms with Crippen molar-refractivity contribution in [2.24, 2.45) is 0 Å². The van der Waals surface area contributed by atoms with Gasteiger partial charge in [-0.15, -0.1) is 0 Å². The molecule has 1 aromatic carbocycles. The molecule has 4 rings (SSSR count). The maximum atomic E-state index is 12.1. The molecule has 29 heavy (non-hydrogen) atoms. The van der Waals surface area contributed by atoms with E-state index in [1.807, 2.05) is 30.3 Å². The number of aromatic nitrogens is 3. The molecule has 0 atom stereocenters. The SMILES string of the molecule is CCS(=O)(=O)N1CCC(Nc2cc(-c3ccccc3Cl)nc3c(Br)cnn23)CC1. The summed E-state index contributed by atoms with van der Waals surface area (Å²) in [6, 6.07) is 9.66. The average Bonchev–Trinajstić information content (AvgIpc) is 3.10. The second kappa shape index (κ2) is 8.22. The summed E-state index contributed by atoms with van der Waals surface area (Å²) in [5.74, 6) is 0.936. The number of nitrogens with one attached hydrogen (secondary N) is 1. The van der Waals surface area contributed by atoms with E-state index in [0.717, 1.165) is 34.4 Å². The van der Waals surface area contributed by atoms with Crippen LogP contribution in [0.5, 0.6) is 0 Å². The summed E-state index contributed by atoms with van der Waals surface area (Å²) >= 11 is 9.89. The van der Waals surface area contributed by atoms with Gasteiger partial charge in [0.15, 0.2) is 5.65 Å². The maximum Gasteiger partial charge on any atom is 0.213 e. The molecule has 0 bridgehead atoms. The standard InChI is InChI=1S/C19H21BrClN5O2S/c1-2-29(27,28)25-9-7-13(8-10-25)23-18-11-17(14-5-3-4-6-16(14)21)24-19-15(20)12-22-26(18)19/h3-6,11-13,23H,2,7-10H2,1H3. The van der Waals surface area contributed by atoms with Gasteiger partial charge in [-0.2, -0.15) is 9.61 Å². The van der Waals surface area contributed by atoms with E-state index in [2.05, 4.69) is 26.3 Å². The van der Waals surface area contributed by atoms with Gasteiger partial charge in [-0.05, 0) is 41.8 Å². The molecule has 1 aliphatic heterocycles. The number of anilines is 1. The van der Waals surface area contributed by atoms with E-state index in [4.69, 9.17) is 16.6 Å². The quantitative estimate of drug-likeness (QED) is 0.574. The number of halogens is 2. The third kappa shape index (κ3) is 4.14. The van der Waals surface area contributed by atoms with E-state index >= 15 is 0 Å². The van der Waals surface area contributed by atoms with Crippen molar-refractivity contribution < 1.29 is 8.42 Å². The smallest absolute Gasteiger partial charge is 0.213 e. The molecule has 7 nitrogen and oxygen atoms in total. The zero-order chi connectivity index (χ0) is 20.6. The second-order valence-electron chi connectivity index (χ2n) is 6.95. The van der Waals surface area contributed by atoms with Crippen LogP contribution in [0.2, 0.25) is 5.02 Å². The summed E-state index contributed by atoms with van der Waals surface area (Å²) in [7, 11) is -3.14. The molecule has 1 N–H and O–H groups in total. The van der Waals surface area contributed by atoms with E-state index in [9.17, 15) is 8.42 Å². The van der Waals surface area contributed by atoms with Crippen molar-refractivity contribution in [1.29, 1.82) is 0 Å². The van der Waals surface area contributed by atoms with Crippen molar-refractivity contribution in [3.8, 4) is 11.3 Å². The maximum absolute atomic E-state index is 12.1. The van der Waals surface area contributed by atoms with Crippen LogP contribution in [0.3, 0.4) is 0 Å². The zero-order valence-electron chi connectivity index (χ0n) is 15.8. The lowest BCUT2D eigenvalue weighted by Crippen LogP contribution is -2.43. The zero-order valence-corrected chi connectivity index (χ0v) is 19.0. The Morgan fingerprint density at radius 2 is 2.00 bits per heavy atom. The van der Waals surface area contributed by atoms with Gasteiger partial charge in [0.05, 0.1) is 22.1 Å². The molecule has 0 aliphatic carbocycles. The van der Waals surface area contributed by atoms with Gasteiger partial charge in [0.2, 0.25) is 10.0 Å². The molecule has 0 amide bonds. The van der Waals surface area contributed by atoms with E-state index in [0.29, 0.717) is 23.8 Å². The van der Waals surface area contributed by atoms with Gasteiger partial charge in [-0.25, -0.2) is 17.7 Å². The van der Waals surface area contributed by atoms with Crippen LogP contribution in [0, 0.1) is 0 Å². The highest BCUT2D eigenvalue weighted by atomic mass is 79.9. The molecular formula is C19H21BrClN5O2S. The van der Waals surface area contributed by atoms with Crippen molar-refractivity contribution in [1.82, 2.24) is 18.9 Å². The number of fused-ring (bicyclic) bond motifs is 1. The molecule has 0 unspecified atom stereocenters. The molecule has 154 valence electrons. The van der Waals surface area contributed by atoms with E-state index < -0.39 is 10.0 Å². The summed E-state index contributed by atoms with van der Waals surface area (Å²) in [5, 5.41) is 8.57. The topological polar surface area (TPSA) is 79.6 Å². The fraction of sp³-hybridized carbons (Fsp3) is 0.368. The van der Waals surface area contributed by atoms with Crippen LogP contribution in [0.15, 0.2) is 41.0 Å². The Kier molecular flexibility index (Phi) is 5.83. The van der Waals surface area contributed by atoms with Gasteiger partial charge in [-0.3, -0.25) is 0 Å². The lowest BCUT2D eigenvalue weighted by Gasteiger charge is -2.31. The van der Waals surface area contributed by atoms with Gasteiger partial charge in [-0.1, -0.05) is 29.8 Å². The Hall–Kier alpha value is -1.68. The Labute approximate surface area is 183 Å². The first-order valence-corrected chi connectivity index (χ1v) is 12.2. The van der Waals surface area contributed by atoms with Crippen LogP contribution in [0.4, 0.5) is 5.82 Å². The summed E-state index contributed by atoms with van der Waals surface area (Å²) in [4.78, 5) is 4.72.